The van der Waals surface area contributed by atoms with Crippen molar-refractivity contribution in [2.45, 2.75) is 13.0 Å². The number of primary amides is 1. The van der Waals surface area contributed by atoms with E-state index in [9.17, 15) is 4.79 Å². The summed E-state index contributed by atoms with van der Waals surface area (Å²) in [5.74, 6) is 0.0102. The number of hydrogen-bond acceptors (Lipinski definition) is 4. The van der Waals surface area contributed by atoms with Crippen LogP contribution >= 0.6 is 15.9 Å². The molecule has 2 aromatic rings. The van der Waals surface area contributed by atoms with Crippen LogP contribution in [0.5, 0.6) is 5.88 Å². The van der Waals surface area contributed by atoms with Crippen molar-refractivity contribution in [1.29, 1.82) is 0 Å². The SMILES string of the molecule is COc1c(C(Nc2ccccc2Br)C(N)=O)c(C)nn1C. The molecule has 1 aromatic heterocycles. The second-order valence-electron chi connectivity index (χ2n) is 4.59. The summed E-state index contributed by atoms with van der Waals surface area (Å²) in [6, 6.07) is 6.78. The third-order valence-electron chi connectivity index (χ3n) is 3.15. The molecule has 0 bridgehead atoms. The smallest absolute Gasteiger partial charge is 0.244 e. The molecule has 1 unspecified atom stereocenters. The van der Waals surface area contributed by atoms with Gasteiger partial charge in [-0.25, -0.2) is 4.68 Å². The highest BCUT2D eigenvalue weighted by atomic mass is 79.9. The molecule has 3 N–H and O–H groups in total. The highest BCUT2D eigenvalue weighted by Gasteiger charge is 2.28. The maximum absolute atomic E-state index is 11.9. The minimum absolute atomic E-state index is 0.500. The molecule has 0 aliphatic heterocycles. The molecule has 0 radical (unpaired) electrons. The topological polar surface area (TPSA) is 82.2 Å². The lowest BCUT2D eigenvalue weighted by atomic mass is 10.1. The number of carbonyl (C=O) groups is 1. The van der Waals surface area contributed by atoms with E-state index in [0.717, 1.165) is 10.2 Å². The van der Waals surface area contributed by atoms with Crippen LogP contribution in [-0.2, 0) is 11.8 Å². The van der Waals surface area contributed by atoms with Crippen molar-refractivity contribution in [3.8, 4) is 5.88 Å². The van der Waals surface area contributed by atoms with Gasteiger partial charge in [0.25, 0.3) is 0 Å². The number of anilines is 1. The molecule has 0 fully saturated rings. The number of nitrogens with two attached hydrogens (primary N) is 1. The first-order valence-corrected chi connectivity index (χ1v) is 7.12. The number of ether oxygens (including phenoxy) is 1. The number of hydrogen-bond donors (Lipinski definition) is 2. The Morgan fingerprint density at radius 3 is 2.71 bits per heavy atom. The van der Waals surface area contributed by atoms with E-state index in [0.29, 0.717) is 17.1 Å². The van der Waals surface area contributed by atoms with E-state index in [1.54, 1.807) is 11.7 Å². The van der Waals surface area contributed by atoms with Gasteiger partial charge in [-0.05, 0) is 35.0 Å². The Bertz CT molecular complexity index is 669. The number of nitrogens with zero attached hydrogens (tertiary/aromatic N) is 2. The second-order valence-corrected chi connectivity index (χ2v) is 5.45. The van der Waals surface area contributed by atoms with Crippen molar-refractivity contribution in [3.63, 3.8) is 0 Å². The fourth-order valence-electron chi connectivity index (χ4n) is 2.25. The van der Waals surface area contributed by atoms with E-state index in [2.05, 4.69) is 26.3 Å². The van der Waals surface area contributed by atoms with E-state index in [1.165, 1.54) is 7.11 Å². The molecule has 2 rings (SSSR count). The summed E-state index contributed by atoms with van der Waals surface area (Å²) in [7, 11) is 3.29. The summed E-state index contributed by atoms with van der Waals surface area (Å²) in [4.78, 5) is 11.9. The summed E-state index contributed by atoms with van der Waals surface area (Å²) in [6.45, 7) is 1.81. The zero-order valence-electron chi connectivity index (χ0n) is 12.1. The number of rotatable bonds is 5. The van der Waals surface area contributed by atoms with Crippen molar-refractivity contribution in [2.75, 3.05) is 12.4 Å². The molecule has 0 spiro atoms. The van der Waals surface area contributed by atoms with Crippen LogP contribution in [-0.4, -0.2) is 22.8 Å². The van der Waals surface area contributed by atoms with Crippen molar-refractivity contribution >= 4 is 27.5 Å². The number of amides is 1. The van der Waals surface area contributed by atoms with Gasteiger partial charge < -0.3 is 15.8 Å². The Kier molecular flexibility index (Phi) is 4.52. The molecule has 112 valence electrons. The number of methoxy groups -OCH3 is 1. The lowest BCUT2D eigenvalue weighted by Crippen LogP contribution is -2.28. The lowest BCUT2D eigenvalue weighted by Gasteiger charge is -2.18. The molecule has 0 aliphatic rings. The molecule has 0 aliphatic carbocycles. The number of carbonyl (C=O) groups excluding carboxylic acids is 1. The molecule has 0 saturated carbocycles. The average Bonchev–Trinajstić information content (AvgIpc) is 2.71. The minimum atomic E-state index is -0.729. The number of nitrogens with one attached hydrogen (secondary N) is 1. The van der Waals surface area contributed by atoms with Crippen LogP contribution in [0.2, 0.25) is 0 Å². The van der Waals surface area contributed by atoms with Crippen LogP contribution in [0.3, 0.4) is 0 Å². The summed E-state index contributed by atoms with van der Waals surface area (Å²) < 4.78 is 7.77. The van der Waals surface area contributed by atoms with Crippen LogP contribution in [0.4, 0.5) is 5.69 Å². The van der Waals surface area contributed by atoms with Gasteiger partial charge in [0.1, 0.15) is 6.04 Å². The first kappa shape index (κ1) is 15.4. The van der Waals surface area contributed by atoms with E-state index in [4.69, 9.17) is 10.5 Å². The molecule has 6 nitrogen and oxygen atoms in total. The van der Waals surface area contributed by atoms with E-state index < -0.39 is 11.9 Å². The number of aryl methyl sites for hydroxylation is 2. The Hall–Kier alpha value is -2.02. The molecule has 1 heterocycles. The van der Waals surface area contributed by atoms with Crippen molar-refractivity contribution in [2.24, 2.45) is 12.8 Å². The highest BCUT2D eigenvalue weighted by Crippen LogP contribution is 2.32. The highest BCUT2D eigenvalue weighted by molar-refractivity contribution is 9.10. The number of aromatic nitrogens is 2. The molecule has 7 heteroatoms. The Morgan fingerprint density at radius 1 is 1.48 bits per heavy atom. The Labute approximate surface area is 131 Å². The quantitative estimate of drug-likeness (QED) is 0.863. The fourth-order valence-corrected chi connectivity index (χ4v) is 2.65. The fraction of sp³-hybridized carbons (Fsp3) is 0.286. The summed E-state index contributed by atoms with van der Waals surface area (Å²) in [5, 5.41) is 7.42. The summed E-state index contributed by atoms with van der Waals surface area (Å²) >= 11 is 3.44. The van der Waals surface area contributed by atoms with Crippen LogP contribution in [0.15, 0.2) is 28.7 Å². The third-order valence-corrected chi connectivity index (χ3v) is 3.85. The maximum atomic E-state index is 11.9. The van der Waals surface area contributed by atoms with Gasteiger partial charge in [-0.1, -0.05) is 12.1 Å². The van der Waals surface area contributed by atoms with Gasteiger partial charge in [0.15, 0.2) is 0 Å². The zero-order valence-corrected chi connectivity index (χ0v) is 13.6. The maximum Gasteiger partial charge on any atom is 0.244 e. The summed E-state index contributed by atoms with van der Waals surface area (Å²) in [5.41, 5.74) is 7.66. The van der Waals surface area contributed by atoms with Gasteiger partial charge in [0.2, 0.25) is 11.8 Å². The third kappa shape index (κ3) is 3.02. The molecule has 21 heavy (non-hydrogen) atoms. The van der Waals surface area contributed by atoms with Crippen LogP contribution in [0.25, 0.3) is 0 Å². The standard InChI is InChI=1S/C14H17BrN4O2/c1-8-11(14(21-3)19(2)18-8)12(13(16)20)17-10-7-5-4-6-9(10)15/h4-7,12,17H,1-3H3,(H2,16,20). The number of halogens is 1. The normalized spacial score (nSPS) is 12.0. The predicted octanol–water partition coefficient (Wildman–Crippen LogP) is 2.14. The van der Waals surface area contributed by atoms with Crippen molar-refractivity contribution < 1.29 is 9.53 Å². The Balaban J connectivity index is 2.46. The average molecular weight is 353 g/mol. The van der Waals surface area contributed by atoms with Gasteiger partial charge >= 0.3 is 0 Å². The van der Waals surface area contributed by atoms with Crippen LogP contribution < -0.4 is 15.8 Å². The first-order valence-electron chi connectivity index (χ1n) is 6.33. The molecule has 0 saturated heterocycles. The van der Waals surface area contributed by atoms with Crippen molar-refractivity contribution in [1.82, 2.24) is 9.78 Å². The minimum Gasteiger partial charge on any atom is -0.481 e. The molecule has 1 amide bonds. The van der Waals surface area contributed by atoms with Crippen LogP contribution in [0.1, 0.15) is 17.3 Å². The first-order chi connectivity index (χ1) is 9.95. The molecule has 1 aromatic carbocycles. The van der Waals surface area contributed by atoms with Crippen LogP contribution in [0, 0.1) is 6.92 Å². The number of para-hydroxylation sites is 1. The summed E-state index contributed by atoms with van der Waals surface area (Å²) in [6.07, 6.45) is 0. The van der Waals surface area contributed by atoms with Gasteiger partial charge in [-0.2, -0.15) is 5.10 Å². The van der Waals surface area contributed by atoms with Gasteiger partial charge in [-0.15, -0.1) is 0 Å². The monoisotopic (exact) mass is 352 g/mol. The predicted molar refractivity (Wildman–Crippen MR) is 84.2 cm³/mol. The Morgan fingerprint density at radius 2 is 2.14 bits per heavy atom. The number of benzene rings is 1. The van der Waals surface area contributed by atoms with Gasteiger partial charge in [-0.3, -0.25) is 4.79 Å². The van der Waals surface area contributed by atoms with Crippen molar-refractivity contribution in [3.05, 3.63) is 40.0 Å². The van der Waals surface area contributed by atoms with Gasteiger partial charge in [0, 0.05) is 17.2 Å². The van der Waals surface area contributed by atoms with E-state index in [1.807, 2.05) is 31.2 Å². The lowest BCUT2D eigenvalue weighted by molar-refractivity contribution is -0.118. The van der Waals surface area contributed by atoms with Gasteiger partial charge in [0.05, 0.1) is 18.4 Å². The molecular weight excluding hydrogens is 336 g/mol. The second kappa shape index (κ2) is 6.17. The largest absolute Gasteiger partial charge is 0.481 e. The van der Waals surface area contributed by atoms with E-state index >= 15 is 0 Å². The zero-order chi connectivity index (χ0) is 15.6. The molecule has 1 atom stereocenters. The van der Waals surface area contributed by atoms with E-state index in [-0.39, 0.29) is 0 Å². The molecular formula is C14H17BrN4O2.